The predicted octanol–water partition coefficient (Wildman–Crippen LogP) is 3.93. The zero-order valence-electron chi connectivity index (χ0n) is 7.54. The number of hydrogen-bond donors (Lipinski definition) is 0. The molecule has 1 heterocycles. The summed E-state index contributed by atoms with van der Waals surface area (Å²) in [4.78, 5) is 5.72. The molecule has 0 bridgehead atoms. The number of aliphatic imine (C=N–C) groups is 1. The Labute approximate surface area is 87.2 Å². The van der Waals surface area contributed by atoms with Crippen molar-refractivity contribution in [1.29, 1.82) is 0 Å². The van der Waals surface area contributed by atoms with E-state index in [1.54, 1.807) is 0 Å². The first-order valence-corrected chi connectivity index (χ1v) is 5.44. The summed E-state index contributed by atoms with van der Waals surface area (Å²) in [6.07, 6.45) is 0. The molecule has 0 saturated carbocycles. The first kappa shape index (κ1) is 9.10. The van der Waals surface area contributed by atoms with Crippen molar-refractivity contribution in [3.05, 3.63) is 23.2 Å². The minimum Gasteiger partial charge on any atom is -0.256 e. The van der Waals surface area contributed by atoms with Crippen LogP contribution < -0.4 is 0 Å². The van der Waals surface area contributed by atoms with Crippen molar-refractivity contribution in [2.75, 3.05) is 0 Å². The molecule has 1 aromatic rings. The first-order valence-electron chi connectivity index (χ1n) is 4.18. The zero-order chi connectivity index (χ0) is 9.42. The molecule has 2 rings (SSSR count). The molecule has 0 spiro atoms. The molecule has 68 valence electrons. The van der Waals surface area contributed by atoms with E-state index >= 15 is 0 Å². The van der Waals surface area contributed by atoms with Gasteiger partial charge in [0.15, 0.2) is 0 Å². The molecule has 0 radical (unpaired) electrons. The largest absolute Gasteiger partial charge is 0.256 e. The average Bonchev–Trinajstić information content (AvgIpc) is 2.08. The van der Waals surface area contributed by atoms with E-state index in [0.29, 0.717) is 5.25 Å². The van der Waals surface area contributed by atoms with Crippen LogP contribution in [0.25, 0.3) is 0 Å². The second-order valence-electron chi connectivity index (χ2n) is 3.13. The van der Waals surface area contributed by atoms with E-state index in [1.807, 2.05) is 30.0 Å². The number of halogens is 1. The molecule has 0 aromatic heterocycles. The molecule has 1 unspecified atom stereocenters. The number of fused-ring (bicyclic) bond motifs is 1. The lowest BCUT2D eigenvalue weighted by Crippen LogP contribution is -2.11. The van der Waals surface area contributed by atoms with Crippen LogP contribution in [0.2, 0.25) is 5.02 Å². The van der Waals surface area contributed by atoms with Crippen molar-refractivity contribution in [3.8, 4) is 0 Å². The third-order valence-electron chi connectivity index (χ3n) is 2.11. The van der Waals surface area contributed by atoms with E-state index in [0.717, 1.165) is 10.7 Å². The minimum absolute atomic E-state index is 0.480. The van der Waals surface area contributed by atoms with Gasteiger partial charge < -0.3 is 0 Å². The molecular formula is C10H10ClNS. The number of benzene rings is 1. The van der Waals surface area contributed by atoms with E-state index in [-0.39, 0.29) is 0 Å². The second kappa shape index (κ2) is 3.35. The monoisotopic (exact) mass is 211 g/mol. The molecule has 0 fully saturated rings. The van der Waals surface area contributed by atoms with Gasteiger partial charge in [-0.25, -0.2) is 0 Å². The summed E-state index contributed by atoms with van der Waals surface area (Å²) >= 11 is 7.72. The lowest BCUT2D eigenvalue weighted by molar-refractivity contribution is 1.21. The van der Waals surface area contributed by atoms with Gasteiger partial charge in [0, 0.05) is 20.9 Å². The molecule has 13 heavy (non-hydrogen) atoms. The van der Waals surface area contributed by atoms with Gasteiger partial charge in [-0.15, -0.1) is 11.8 Å². The number of hydrogen-bond acceptors (Lipinski definition) is 2. The summed E-state index contributed by atoms with van der Waals surface area (Å²) in [5, 5.41) is 1.24. The molecule has 3 heteroatoms. The standard InChI is InChI=1S/C10H10ClNS/c1-6-7(2)13-10-4-3-8(11)5-9(10)12-6/h3-5,7H,1-2H3. The van der Waals surface area contributed by atoms with Crippen molar-refractivity contribution in [2.45, 2.75) is 24.0 Å². The van der Waals surface area contributed by atoms with Crippen molar-refractivity contribution in [2.24, 2.45) is 4.99 Å². The number of thioether (sulfide) groups is 1. The van der Waals surface area contributed by atoms with Crippen molar-refractivity contribution in [3.63, 3.8) is 0 Å². The van der Waals surface area contributed by atoms with Crippen LogP contribution >= 0.6 is 23.4 Å². The molecule has 0 saturated heterocycles. The summed E-state index contributed by atoms with van der Waals surface area (Å²) in [5.41, 5.74) is 2.17. The summed E-state index contributed by atoms with van der Waals surface area (Å²) in [6, 6.07) is 5.87. The van der Waals surface area contributed by atoms with Crippen molar-refractivity contribution in [1.82, 2.24) is 0 Å². The number of rotatable bonds is 0. The van der Waals surface area contributed by atoms with Gasteiger partial charge in [-0.3, -0.25) is 4.99 Å². The first-order chi connectivity index (χ1) is 6.16. The van der Waals surface area contributed by atoms with Gasteiger partial charge in [-0.05, 0) is 32.0 Å². The van der Waals surface area contributed by atoms with E-state index in [9.17, 15) is 0 Å². The maximum absolute atomic E-state index is 5.88. The quantitative estimate of drug-likeness (QED) is 0.634. The second-order valence-corrected chi connectivity index (χ2v) is 4.94. The minimum atomic E-state index is 0.480. The van der Waals surface area contributed by atoms with Crippen molar-refractivity contribution >= 4 is 34.8 Å². The van der Waals surface area contributed by atoms with E-state index < -0.39 is 0 Å². The fourth-order valence-corrected chi connectivity index (χ4v) is 2.38. The van der Waals surface area contributed by atoms with Crippen LogP contribution in [0, 0.1) is 0 Å². The third-order valence-corrected chi connectivity index (χ3v) is 3.64. The summed E-state index contributed by atoms with van der Waals surface area (Å²) in [6.45, 7) is 4.22. The normalized spacial score (nSPS) is 20.8. The highest BCUT2D eigenvalue weighted by Crippen LogP contribution is 2.38. The van der Waals surface area contributed by atoms with Crippen LogP contribution in [0.4, 0.5) is 5.69 Å². The molecule has 1 aliphatic heterocycles. The fourth-order valence-electron chi connectivity index (χ4n) is 1.23. The van der Waals surface area contributed by atoms with Crippen molar-refractivity contribution < 1.29 is 0 Å². The molecular weight excluding hydrogens is 202 g/mol. The van der Waals surface area contributed by atoms with Gasteiger partial charge in [0.1, 0.15) is 0 Å². The Balaban J connectivity index is 2.51. The summed E-state index contributed by atoms with van der Waals surface area (Å²) in [5.74, 6) is 0. The molecule has 1 atom stereocenters. The fraction of sp³-hybridized carbons (Fsp3) is 0.300. The van der Waals surface area contributed by atoms with Crippen LogP contribution in [-0.4, -0.2) is 11.0 Å². The van der Waals surface area contributed by atoms with Crippen LogP contribution in [0.15, 0.2) is 28.1 Å². The highest BCUT2D eigenvalue weighted by atomic mass is 35.5. The lowest BCUT2D eigenvalue weighted by atomic mass is 10.2. The molecule has 0 N–H and O–H groups in total. The Bertz CT molecular complexity index is 373. The van der Waals surface area contributed by atoms with E-state index in [1.165, 1.54) is 10.6 Å². The Morgan fingerprint density at radius 2 is 2.23 bits per heavy atom. The van der Waals surface area contributed by atoms with Crippen LogP contribution in [0.1, 0.15) is 13.8 Å². The predicted molar refractivity (Wildman–Crippen MR) is 59.5 cm³/mol. The Morgan fingerprint density at radius 3 is 3.00 bits per heavy atom. The van der Waals surface area contributed by atoms with Gasteiger partial charge in [0.05, 0.1) is 5.69 Å². The van der Waals surface area contributed by atoms with Gasteiger partial charge >= 0.3 is 0 Å². The maximum Gasteiger partial charge on any atom is 0.0780 e. The third kappa shape index (κ3) is 1.74. The van der Waals surface area contributed by atoms with E-state index in [4.69, 9.17) is 11.6 Å². The van der Waals surface area contributed by atoms with Gasteiger partial charge in [-0.2, -0.15) is 0 Å². The van der Waals surface area contributed by atoms with Gasteiger partial charge in [-0.1, -0.05) is 11.6 Å². The molecule has 1 aromatic carbocycles. The van der Waals surface area contributed by atoms with Gasteiger partial charge in [0.25, 0.3) is 0 Å². The highest BCUT2D eigenvalue weighted by Gasteiger charge is 2.16. The Kier molecular flexibility index (Phi) is 2.35. The van der Waals surface area contributed by atoms with Crippen LogP contribution in [0.5, 0.6) is 0 Å². The lowest BCUT2D eigenvalue weighted by Gasteiger charge is -2.18. The molecule has 0 amide bonds. The van der Waals surface area contributed by atoms with Crippen LogP contribution in [0.3, 0.4) is 0 Å². The number of nitrogens with zero attached hydrogens (tertiary/aromatic N) is 1. The topological polar surface area (TPSA) is 12.4 Å². The SMILES string of the molecule is CC1=Nc2cc(Cl)ccc2SC1C. The van der Waals surface area contributed by atoms with Gasteiger partial charge in [0.2, 0.25) is 0 Å². The molecule has 1 nitrogen and oxygen atoms in total. The summed E-state index contributed by atoms with van der Waals surface area (Å²) in [7, 11) is 0. The Hall–Kier alpha value is -0.470. The highest BCUT2D eigenvalue weighted by molar-refractivity contribution is 8.00. The van der Waals surface area contributed by atoms with E-state index in [2.05, 4.69) is 18.8 Å². The molecule has 0 aliphatic carbocycles. The maximum atomic E-state index is 5.88. The zero-order valence-corrected chi connectivity index (χ0v) is 9.12. The van der Waals surface area contributed by atoms with Crippen LogP contribution in [-0.2, 0) is 0 Å². The molecule has 1 aliphatic rings. The average molecular weight is 212 g/mol. The Morgan fingerprint density at radius 1 is 1.46 bits per heavy atom. The smallest absolute Gasteiger partial charge is 0.0780 e. The summed E-state index contributed by atoms with van der Waals surface area (Å²) < 4.78 is 0.